The maximum atomic E-state index is 13.7. The molecular formula is C18H19F2N5O3. The summed E-state index contributed by atoms with van der Waals surface area (Å²) < 4.78 is 31.7. The summed E-state index contributed by atoms with van der Waals surface area (Å²) in [6.45, 7) is 3.91. The molecule has 0 radical (unpaired) electrons. The van der Waals surface area contributed by atoms with E-state index in [-0.39, 0.29) is 17.5 Å². The van der Waals surface area contributed by atoms with E-state index in [1.165, 1.54) is 12.3 Å². The second-order valence-corrected chi connectivity index (χ2v) is 5.99. The Morgan fingerprint density at radius 3 is 2.61 bits per heavy atom. The molecule has 0 spiro atoms. The van der Waals surface area contributed by atoms with Gasteiger partial charge >= 0.3 is 6.09 Å². The molecule has 1 aliphatic heterocycles. The highest BCUT2D eigenvalue weighted by molar-refractivity contribution is 6.03. The Kier molecular flexibility index (Phi) is 5.97. The van der Waals surface area contributed by atoms with E-state index in [1.54, 1.807) is 11.8 Å². The number of carbonyl (C=O) groups excluding carboxylic acids is 2. The van der Waals surface area contributed by atoms with E-state index in [0.29, 0.717) is 44.8 Å². The van der Waals surface area contributed by atoms with E-state index >= 15 is 0 Å². The molecule has 148 valence electrons. The van der Waals surface area contributed by atoms with Gasteiger partial charge in [0.1, 0.15) is 17.3 Å². The predicted molar refractivity (Wildman–Crippen MR) is 97.2 cm³/mol. The van der Waals surface area contributed by atoms with Crippen molar-refractivity contribution in [3.05, 3.63) is 47.8 Å². The second-order valence-electron chi connectivity index (χ2n) is 5.99. The highest BCUT2D eigenvalue weighted by Crippen LogP contribution is 2.17. The van der Waals surface area contributed by atoms with Crippen LogP contribution in [0.1, 0.15) is 17.4 Å². The molecule has 0 unspecified atom stereocenters. The van der Waals surface area contributed by atoms with Gasteiger partial charge in [-0.1, -0.05) is 0 Å². The highest BCUT2D eigenvalue weighted by atomic mass is 19.1. The lowest BCUT2D eigenvalue weighted by Gasteiger charge is -2.34. The number of carbonyl (C=O) groups is 2. The fourth-order valence-electron chi connectivity index (χ4n) is 2.71. The lowest BCUT2D eigenvalue weighted by Crippen LogP contribution is -2.49. The monoisotopic (exact) mass is 391 g/mol. The number of aromatic nitrogens is 2. The van der Waals surface area contributed by atoms with E-state index in [2.05, 4.69) is 15.3 Å². The predicted octanol–water partition coefficient (Wildman–Crippen LogP) is 2.29. The summed E-state index contributed by atoms with van der Waals surface area (Å²) in [5.74, 6) is -1.92. The SMILES string of the molecule is CCOC(=O)N1CCN(c2nccc(C(=O)Nc3ccc(F)cc3F)n2)CC1. The Morgan fingerprint density at radius 1 is 1.18 bits per heavy atom. The fourth-order valence-corrected chi connectivity index (χ4v) is 2.71. The van der Waals surface area contributed by atoms with Crippen LogP contribution in [0, 0.1) is 11.6 Å². The summed E-state index contributed by atoms with van der Waals surface area (Å²) in [6, 6.07) is 4.27. The van der Waals surface area contributed by atoms with Crippen LogP contribution >= 0.6 is 0 Å². The lowest BCUT2D eigenvalue weighted by molar-refractivity contribution is 0.102. The van der Waals surface area contributed by atoms with E-state index in [0.717, 1.165) is 12.1 Å². The van der Waals surface area contributed by atoms with Crippen LogP contribution in [-0.2, 0) is 4.74 Å². The average molecular weight is 391 g/mol. The average Bonchev–Trinajstić information content (AvgIpc) is 2.70. The van der Waals surface area contributed by atoms with Crippen molar-refractivity contribution < 1.29 is 23.1 Å². The van der Waals surface area contributed by atoms with Gasteiger partial charge in [0.2, 0.25) is 5.95 Å². The molecule has 2 aromatic rings. The summed E-state index contributed by atoms with van der Waals surface area (Å²) in [6.07, 6.45) is 1.06. The van der Waals surface area contributed by atoms with E-state index in [9.17, 15) is 18.4 Å². The molecule has 1 saturated heterocycles. The molecule has 2 amide bonds. The Balaban J connectivity index is 1.65. The van der Waals surface area contributed by atoms with Crippen LogP contribution in [0.15, 0.2) is 30.5 Å². The van der Waals surface area contributed by atoms with E-state index in [4.69, 9.17) is 4.74 Å². The molecule has 2 heterocycles. The third-order valence-corrected chi connectivity index (χ3v) is 4.14. The van der Waals surface area contributed by atoms with Gasteiger partial charge in [0.25, 0.3) is 5.91 Å². The van der Waals surface area contributed by atoms with Crippen molar-refractivity contribution in [2.75, 3.05) is 43.0 Å². The van der Waals surface area contributed by atoms with Crippen molar-refractivity contribution in [1.82, 2.24) is 14.9 Å². The van der Waals surface area contributed by atoms with Crippen molar-refractivity contribution >= 4 is 23.6 Å². The van der Waals surface area contributed by atoms with Crippen molar-refractivity contribution in [2.45, 2.75) is 6.92 Å². The summed E-state index contributed by atoms with van der Waals surface area (Å²) in [5, 5.41) is 2.36. The maximum Gasteiger partial charge on any atom is 0.409 e. The summed E-state index contributed by atoms with van der Waals surface area (Å²) in [4.78, 5) is 35.9. The van der Waals surface area contributed by atoms with Crippen molar-refractivity contribution in [2.24, 2.45) is 0 Å². The highest BCUT2D eigenvalue weighted by Gasteiger charge is 2.24. The van der Waals surface area contributed by atoms with Crippen LogP contribution in [0.3, 0.4) is 0 Å². The van der Waals surface area contributed by atoms with Gasteiger partial charge in [-0.3, -0.25) is 4.79 Å². The topological polar surface area (TPSA) is 87.7 Å². The number of anilines is 2. The smallest absolute Gasteiger partial charge is 0.409 e. The minimum Gasteiger partial charge on any atom is -0.450 e. The molecule has 0 bridgehead atoms. The minimum absolute atomic E-state index is 0.0431. The van der Waals surface area contributed by atoms with Gasteiger partial charge in [-0.2, -0.15) is 0 Å². The Morgan fingerprint density at radius 2 is 1.93 bits per heavy atom. The van der Waals surface area contributed by atoms with Crippen LogP contribution in [0.25, 0.3) is 0 Å². The van der Waals surface area contributed by atoms with Gasteiger partial charge in [-0.15, -0.1) is 0 Å². The zero-order valence-corrected chi connectivity index (χ0v) is 15.2. The molecule has 28 heavy (non-hydrogen) atoms. The standard InChI is InChI=1S/C18H19F2N5O3/c1-2-28-18(27)25-9-7-24(8-10-25)17-21-6-5-15(23-17)16(26)22-14-4-3-12(19)11-13(14)20/h3-6,11H,2,7-10H2,1H3,(H,22,26). The number of benzene rings is 1. The van der Waals surface area contributed by atoms with Crippen molar-refractivity contribution in [3.8, 4) is 0 Å². The fraction of sp³-hybridized carbons (Fsp3) is 0.333. The molecule has 0 saturated carbocycles. The first-order valence-corrected chi connectivity index (χ1v) is 8.74. The number of hydrogen-bond acceptors (Lipinski definition) is 6. The molecule has 8 nitrogen and oxygen atoms in total. The molecule has 1 N–H and O–H groups in total. The van der Waals surface area contributed by atoms with Crippen LogP contribution < -0.4 is 10.2 Å². The van der Waals surface area contributed by atoms with E-state index < -0.39 is 17.5 Å². The summed E-state index contributed by atoms with van der Waals surface area (Å²) >= 11 is 0. The largest absolute Gasteiger partial charge is 0.450 e. The first-order valence-electron chi connectivity index (χ1n) is 8.74. The quantitative estimate of drug-likeness (QED) is 0.861. The third kappa shape index (κ3) is 4.51. The van der Waals surface area contributed by atoms with Crippen LogP contribution in [0.4, 0.5) is 25.2 Å². The number of amides is 2. The molecular weight excluding hydrogens is 372 g/mol. The zero-order valence-electron chi connectivity index (χ0n) is 15.2. The van der Waals surface area contributed by atoms with E-state index in [1.807, 2.05) is 4.90 Å². The van der Waals surface area contributed by atoms with Gasteiger partial charge in [0.15, 0.2) is 0 Å². The molecule has 1 aromatic carbocycles. The minimum atomic E-state index is -0.877. The van der Waals surface area contributed by atoms with Gasteiger partial charge in [-0.05, 0) is 25.1 Å². The third-order valence-electron chi connectivity index (χ3n) is 4.14. The number of halogens is 2. The van der Waals surface area contributed by atoms with Gasteiger partial charge in [0, 0.05) is 38.4 Å². The Labute approximate surface area is 160 Å². The molecule has 10 heteroatoms. The molecule has 0 aliphatic carbocycles. The molecule has 0 atom stereocenters. The molecule has 1 aliphatic rings. The first-order chi connectivity index (χ1) is 13.5. The summed E-state index contributed by atoms with van der Waals surface area (Å²) in [5.41, 5.74) is -0.101. The maximum absolute atomic E-state index is 13.7. The number of nitrogens with one attached hydrogen (secondary N) is 1. The molecule has 3 rings (SSSR count). The normalized spacial score (nSPS) is 14.0. The van der Waals surface area contributed by atoms with Crippen molar-refractivity contribution in [3.63, 3.8) is 0 Å². The lowest BCUT2D eigenvalue weighted by atomic mass is 10.2. The summed E-state index contributed by atoms with van der Waals surface area (Å²) in [7, 11) is 0. The van der Waals surface area contributed by atoms with Crippen molar-refractivity contribution in [1.29, 1.82) is 0 Å². The van der Waals surface area contributed by atoms with Crippen LogP contribution in [0.2, 0.25) is 0 Å². The number of nitrogens with zero attached hydrogens (tertiary/aromatic N) is 4. The van der Waals surface area contributed by atoms with Crippen LogP contribution in [0.5, 0.6) is 0 Å². The molecule has 1 fully saturated rings. The van der Waals surface area contributed by atoms with Gasteiger partial charge in [-0.25, -0.2) is 23.5 Å². The zero-order chi connectivity index (χ0) is 20.1. The Bertz CT molecular complexity index is 872. The molecule has 1 aromatic heterocycles. The number of ether oxygens (including phenoxy) is 1. The second kappa shape index (κ2) is 8.59. The number of piperazine rings is 1. The first kappa shape index (κ1) is 19.5. The Hall–Kier alpha value is -3.30. The van der Waals surface area contributed by atoms with Gasteiger partial charge in [0.05, 0.1) is 12.3 Å². The van der Waals surface area contributed by atoms with Crippen LogP contribution in [-0.4, -0.2) is 59.7 Å². The van der Waals surface area contributed by atoms with Gasteiger partial charge < -0.3 is 19.9 Å². The number of hydrogen-bond donors (Lipinski definition) is 1. The number of rotatable bonds is 4.